The molecule has 0 radical (unpaired) electrons. The molecule has 0 aromatic carbocycles. The van der Waals surface area contributed by atoms with Crippen LogP contribution in [0.15, 0.2) is 0 Å². The van der Waals surface area contributed by atoms with Gasteiger partial charge in [-0.2, -0.15) is 0 Å². The van der Waals surface area contributed by atoms with Gasteiger partial charge in [0.25, 0.3) is 0 Å². The predicted molar refractivity (Wildman–Crippen MR) is 90.2 cm³/mol. The first kappa shape index (κ1) is 25.1. The van der Waals surface area contributed by atoms with E-state index in [0.29, 0.717) is 0 Å². The summed E-state index contributed by atoms with van der Waals surface area (Å²) in [5.74, 6) is 0. The molecule has 0 saturated carbocycles. The Morgan fingerprint density at radius 1 is 0.684 bits per heavy atom. The quantitative estimate of drug-likeness (QED) is 0.707. The molecule has 0 heterocycles. The third-order valence-corrected chi connectivity index (χ3v) is 5.95. The van der Waals surface area contributed by atoms with Gasteiger partial charge in [0.05, 0.1) is 0 Å². The summed E-state index contributed by atoms with van der Waals surface area (Å²) in [5, 5.41) is 21.9. The van der Waals surface area contributed by atoms with Crippen molar-refractivity contribution in [3.8, 4) is 0 Å². The Morgan fingerprint density at radius 3 is 0.947 bits per heavy atom. The van der Waals surface area contributed by atoms with Crippen LogP contribution in [0, 0.1) is 0 Å². The van der Waals surface area contributed by atoms with Crippen LogP contribution in [0.4, 0.5) is 0 Å². The van der Waals surface area contributed by atoms with Crippen LogP contribution in [0.2, 0.25) is 51.4 Å². The fraction of sp³-hybridized carbons (Fsp3) is 1.00. The van der Waals surface area contributed by atoms with Crippen molar-refractivity contribution < 1.29 is 10.2 Å². The van der Waals surface area contributed by atoms with E-state index in [9.17, 15) is 10.2 Å². The molecule has 2 nitrogen and oxygen atoms in total. The summed E-state index contributed by atoms with van der Waals surface area (Å²) in [6, 6.07) is 1.87. The third kappa shape index (κ3) is 24.5. The van der Waals surface area contributed by atoms with E-state index in [1.54, 1.807) is 0 Å². The van der Waals surface area contributed by atoms with Crippen LogP contribution in [0.3, 0.4) is 0 Å². The molecule has 19 heavy (non-hydrogen) atoms. The average molecular weight is 315 g/mol. The molecule has 2 atom stereocenters. The molecule has 0 bridgehead atoms. The molecule has 0 rings (SSSR count). The van der Waals surface area contributed by atoms with Gasteiger partial charge in [0.15, 0.2) is 0 Å². The van der Waals surface area contributed by atoms with Gasteiger partial charge in [-0.05, 0) is 0 Å². The third-order valence-electron chi connectivity index (χ3n) is 2.59. The van der Waals surface area contributed by atoms with Gasteiger partial charge >= 0.3 is 23.1 Å². The van der Waals surface area contributed by atoms with Crippen molar-refractivity contribution >= 4 is 39.2 Å². The largest absolute Gasteiger partial charge is 2.00 e. The maximum Gasteiger partial charge on any atom is 2.00 e. The minimum absolute atomic E-state index is 0. The first-order chi connectivity index (χ1) is 7.91. The summed E-state index contributed by atoms with van der Waals surface area (Å²) < 4.78 is 0. The molecule has 0 N–H and O–H groups in total. The van der Waals surface area contributed by atoms with Crippen molar-refractivity contribution in [1.29, 1.82) is 0 Å². The van der Waals surface area contributed by atoms with Gasteiger partial charge in [-0.1, -0.05) is 78.1 Å². The van der Waals surface area contributed by atoms with Crippen molar-refractivity contribution in [3.05, 3.63) is 0 Å². The van der Waals surface area contributed by atoms with Crippen LogP contribution < -0.4 is 10.2 Å². The molecule has 0 aliphatic rings. The van der Waals surface area contributed by atoms with Crippen LogP contribution in [0.25, 0.3) is 0 Å². The van der Waals surface area contributed by atoms with E-state index >= 15 is 0 Å². The fourth-order valence-electron chi connectivity index (χ4n) is 1.65. The topological polar surface area (TPSA) is 46.1 Å². The van der Waals surface area contributed by atoms with E-state index in [2.05, 4.69) is 39.3 Å². The van der Waals surface area contributed by atoms with E-state index in [1.807, 2.05) is 13.8 Å². The fourth-order valence-corrected chi connectivity index (χ4v) is 4.96. The zero-order chi connectivity index (χ0) is 15.0. The maximum absolute atomic E-state index is 10.9. The maximum atomic E-state index is 10.9. The van der Waals surface area contributed by atoms with Gasteiger partial charge in [0.2, 0.25) is 0 Å². The summed E-state index contributed by atoms with van der Waals surface area (Å²) in [6.45, 7) is 17.4. The molecule has 0 saturated heterocycles. The Hall–Kier alpha value is 1.12. The smallest absolute Gasteiger partial charge is 0.852 e. The number of hydrogen-bond donors (Lipinski definition) is 0. The Labute approximate surface area is 139 Å². The minimum Gasteiger partial charge on any atom is -0.852 e. The predicted octanol–water partition coefficient (Wildman–Crippen LogP) is 2.55. The molecule has 0 aliphatic carbocycles. The van der Waals surface area contributed by atoms with Gasteiger partial charge in [-0.15, -0.1) is 12.2 Å². The molecule has 2 unspecified atom stereocenters. The second-order valence-corrected chi connectivity index (χ2v) is 18.6. The van der Waals surface area contributed by atoms with E-state index in [1.165, 1.54) is 0 Å². The molecule has 5 heteroatoms. The summed E-state index contributed by atoms with van der Waals surface area (Å²) in [7, 11) is -2.11. The van der Waals surface area contributed by atoms with Crippen LogP contribution in [0.5, 0.6) is 0 Å². The van der Waals surface area contributed by atoms with E-state index in [0.717, 1.165) is 24.9 Å². The number of rotatable bonds is 6. The van der Waals surface area contributed by atoms with E-state index in [4.69, 9.17) is 0 Å². The van der Waals surface area contributed by atoms with Crippen molar-refractivity contribution in [3.63, 3.8) is 0 Å². The molecule has 0 aliphatic heterocycles. The second-order valence-electron chi connectivity index (χ2n) is 7.59. The van der Waals surface area contributed by atoms with Crippen molar-refractivity contribution in [2.75, 3.05) is 0 Å². The van der Waals surface area contributed by atoms with Crippen molar-refractivity contribution in [2.45, 2.75) is 90.3 Å². The van der Waals surface area contributed by atoms with Crippen LogP contribution in [-0.4, -0.2) is 51.4 Å². The molecular formula is C14H34MgO2Si2. The second kappa shape index (κ2) is 11.7. The monoisotopic (exact) mass is 314 g/mol. The SMILES string of the molecule is CCC([O-])C[Si](C)(C)C.CCC([O-])C[Si](C)(C)C.[Mg+2]. The summed E-state index contributed by atoms with van der Waals surface area (Å²) in [4.78, 5) is 0. The molecule has 0 amide bonds. The molecule has 0 aromatic rings. The normalized spacial score (nSPS) is 14.8. The van der Waals surface area contributed by atoms with Gasteiger partial charge in [0, 0.05) is 16.1 Å². The van der Waals surface area contributed by atoms with Gasteiger partial charge < -0.3 is 10.2 Å². The standard InChI is InChI=1S/2C7H17OSi.Mg/c2*1-5-7(8)6-9(2,3)4;/h2*7H,5-6H2,1-4H3;/q2*-1;+2. The van der Waals surface area contributed by atoms with Crippen LogP contribution >= 0.6 is 0 Å². The number of hydrogen-bond acceptors (Lipinski definition) is 2. The molecule has 0 fully saturated rings. The van der Waals surface area contributed by atoms with E-state index < -0.39 is 16.1 Å². The molecule has 0 spiro atoms. The Balaban J connectivity index is -0.000000256. The Bertz CT molecular complexity index is 179. The summed E-state index contributed by atoms with van der Waals surface area (Å²) in [5.41, 5.74) is 0. The molecular weight excluding hydrogens is 281 g/mol. The molecule has 0 aromatic heterocycles. The zero-order valence-corrected chi connectivity index (χ0v) is 17.9. The van der Waals surface area contributed by atoms with Crippen molar-refractivity contribution in [2.24, 2.45) is 0 Å². The minimum atomic E-state index is -1.05. The summed E-state index contributed by atoms with van der Waals surface area (Å²) >= 11 is 0. The Morgan fingerprint density at radius 2 is 0.895 bits per heavy atom. The average Bonchev–Trinajstić information content (AvgIpc) is 2.13. The van der Waals surface area contributed by atoms with Crippen molar-refractivity contribution in [1.82, 2.24) is 0 Å². The summed E-state index contributed by atoms with van der Waals surface area (Å²) in [6.07, 6.45) is 1.00. The zero-order valence-electron chi connectivity index (χ0n) is 14.5. The molecule has 112 valence electrons. The first-order valence-corrected chi connectivity index (χ1v) is 14.6. The van der Waals surface area contributed by atoms with Gasteiger partial charge in [-0.3, -0.25) is 0 Å². The van der Waals surface area contributed by atoms with E-state index in [-0.39, 0.29) is 35.3 Å². The Kier molecular flexibility index (Phi) is 15.5. The van der Waals surface area contributed by atoms with Gasteiger partial charge in [0.1, 0.15) is 0 Å². The van der Waals surface area contributed by atoms with Gasteiger partial charge in [-0.25, -0.2) is 0 Å². The van der Waals surface area contributed by atoms with Crippen LogP contribution in [-0.2, 0) is 0 Å². The van der Waals surface area contributed by atoms with Crippen LogP contribution in [0.1, 0.15) is 26.7 Å². The first-order valence-electron chi connectivity index (χ1n) is 7.23.